The van der Waals surface area contributed by atoms with Crippen LogP contribution in [0.2, 0.25) is 10.0 Å². The van der Waals surface area contributed by atoms with Crippen LogP contribution in [0.4, 0.5) is 11.8 Å². The monoisotopic (exact) mass is 491 g/mol. The summed E-state index contributed by atoms with van der Waals surface area (Å²) in [5.74, 6) is 0.625. The van der Waals surface area contributed by atoms with Gasteiger partial charge in [0, 0.05) is 42.3 Å². The largest absolute Gasteiger partial charge is 0.379 e. The van der Waals surface area contributed by atoms with Crippen molar-refractivity contribution in [3.63, 3.8) is 0 Å². The summed E-state index contributed by atoms with van der Waals surface area (Å²) in [6.07, 6.45) is 2.57. The fraction of sp³-hybridized carbons (Fsp3) is 0.333. The van der Waals surface area contributed by atoms with E-state index >= 15 is 0 Å². The number of nitrogens with one attached hydrogen (secondary N) is 2. The molecule has 8 nitrogen and oxygen atoms in total. The molecule has 1 aliphatic rings. The Kier molecular flexibility index (Phi) is 7.54. The smallest absolute Gasteiger partial charge is 0.222 e. The SMILES string of the molecule is Nc1ncc2cc(-c3c(Cl)cccc3Cl)c(NC(=S)NCCCN3CCOCC3)nc2n1. The van der Waals surface area contributed by atoms with E-state index in [2.05, 4.69) is 30.5 Å². The minimum absolute atomic E-state index is 0.142. The van der Waals surface area contributed by atoms with Crippen LogP contribution in [0.3, 0.4) is 0 Å². The van der Waals surface area contributed by atoms with Crippen molar-refractivity contribution in [3.05, 3.63) is 40.5 Å². The molecule has 0 bridgehead atoms. The minimum Gasteiger partial charge on any atom is -0.379 e. The predicted octanol–water partition coefficient (Wildman–Crippen LogP) is 3.59. The van der Waals surface area contributed by atoms with Gasteiger partial charge in [0.2, 0.25) is 5.95 Å². The second-order valence-electron chi connectivity index (χ2n) is 7.31. The number of anilines is 2. The van der Waals surface area contributed by atoms with E-state index in [1.165, 1.54) is 0 Å². The van der Waals surface area contributed by atoms with E-state index in [-0.39, 0.29) is 5.95 Å². The average Bonchev–Trinajstić information content (AvgIpc) is 2.77. The van der Waals surface area contributed by atoms with Crippen molar-refractivity contribution in [1.29, 1.82) is 0 Å². The van der Waals surface area contributed by atoms with Gasteiger partial charge in [0.25, 0.3) is 0 Å². The third-order valence-corrected chi connectivity index (χ3v) is 5.97. The van der Waals surface area contributed by atoms with Crippen molar-refractivity contribution in [3.8, 4) is 11.1 Å². The molecule has 4 rings (SSSR count). The number of morpholine rings is 1. The lowest BCUT2D eigenvalue weighted by molar-refractivity contribution is 0.0376. The molecule has 0 unspecified atom stereocenters. The Labute approximate surface area is 201 Å². The Bertz CT molecular complexity index is 1100. The second kappa shape index (κ2) is 10.5. The molecular weight excluding hydrogens is 469 g/mol. The van der Waals surface area contributed by atoms with E-state index in [4.69, 9.17) is 45.9 Å². The molecule has 0 spiro atoms. The molecular formula is C21H23Cl2N7OS. The van der Waals surface area contributed by atoms with Crippen LogP contribution in [0.1, 0.15) is 6.42 Å². The summed E-state index contributed by atoms with van der Waals surface area (Å²) in [6.45, 7) is 5.25. The summed E-state index contributed by atoms with van der Waals surface area (Å²) in [5.41, 5.74) is 7.53. The number of hydrogen-bond acceptors (Lipinski definition) is 7. The summed E-state index contributed by atoms with van der Waals surface area (Å²) in [7, 11) is 0. The predicted molar refractivity (Wildman–Crippen MR) is 133 cm³/mol. The van der Waals surface area contributed by atoms with Crippen LogP contribution in [0, 0.1) is 0 Å². The molecule has 3 heterocycles. The molecule has 4 N–H and O–H groups in total. The van der Waals surface area contributed by atoms with Crippen molar-refractivity contribution in [2.45, 2.75) is 6.42 Å². The molecule has 168 valence electrons. The standard InChI is InChI=1S/C21H23Cl2N7OS/c22-15-3-1-4-16(23)17(15)14-11-13-12-26-20(24)28-18(13)27-19(14)29-21(32)25-5-2-6-30-7-9-31-10-8-30/h1,3-4,11-12H,2,5-10H2,(H4,24,25,26,27,28,29,32). The van der Waals surface area contributed by atoms with E-state index in [1.54, 1.807) is 24.4 Å². The van der Waals surface area contributed by atoms with Gasteiger partial charge in [-0.1, -0.05) is 29.3 Å². The van der Waals surface area contributed by atoms with E-state index in [9.17, 15) is 0 Å². The Morgan fingerprint density at radius 1 is 1.19 bits per heavy atom. The van der Waals surface area contributed by atoms with Gasteiger partial charge in [-0.3, -0.25) is 4.90 Å². The molecule has 1 fully saturated rings. The highest BCUT2D eigenvalue weighted by Crippen LogP contribution is 2.39. The molecule has 0 amide bonds. The third kappa shape index (κ3) is 5.54. The quantitative estimate of drug-likeness (QED) is 0.352. The van der Waals surface area contributed by atoms with Crippen LogP contribution in [-0.4, -0.2) is 64.4 Å². The average molecular weight is 492 g/mol. The fourth-order valence-corrected chi connectivity index (χ4v) is 4.30. The molecule has 3 aromatic rings. The maximum Gasteiger partial charge on any atom is 0.222 e. The Morgan fingerprint density at radius 2 is 1.94 bits per heavy atom. The number of hydrogen-bond donors (Lipinski definition) is 3. The summed E-state index contributed by atoms with van der Waals surface area (Å²) in [5, 5.41) is 8.57. The Hall–Kier alpha value is -2.30. The van der Waals surface area contributed by atoms with E-state index in [1.807, 2.05) is 6.07 Å². The van der Waals surface area contributed by atoms with Crippen molar-refractivity contribution in [2.24, 2.45) is 0 Å². The maximum atomic E-state index is 6.47. The lowest BCUT2D eigenvalue weighted by Gasteiger charge is -2.26. The number of nitrogen functional groups attached to an aromatic ring is 1. The molecule has 0 aliphatic carbocycles. The minimum atomic E-state index is 0.142. The van der Waals surface area contributed by atoms with Gasteiger partial charge in [-0.05, 0) is 43.4 Å². The molecule has 1 aromatic carbocycles. The number of thiocarbonyl (C=S) groups is 1. The van der Waals surface area contributed by atoms with Crippen molar-refractivity contribution in [2.75, 3.05) is 50.4 Å². The number of fused-ring (bicyclic) bond motifs is 1. The number of ether oxygens (including phenoxy) is 1. The van der Waals surface area contributed by atoms with Crippen LogP contribution in [0.5, 0.6) is 0 Å². The number of rotatable bonds is 6. The van der Waals surface area contributed by atoms with Crippen LogP contribution in [0.25, 0.3) is 22.2 Å². The van der Waals surface area contributed by atoms with E-state index in [0.717, 1.165) is 45.8 Å². The number of nitrogens with two attached hydrogens (primary N) is 1. The fourth-order valence-electron chi connectivity index (χ4n) is 3.50. The van der Waals surface area contributed by atoms with Gasteiger partial charge in [0.15, 0.2) is 10.8 Å². The first-order valence-corrected chi connectivity index (χ1v) is 11.4. The summed E-state index contributed by atoms with van der Waals surface area (Å²) in [4.78, 5) is 15.3. The van der Waals surface area contributed by atoms with Crippen molar-refractivity contribution >= 4 is 63.3 Å². The Morgan fingerprint density at radius 3 is 2.69 bits per heavy atom. The van der Waals surface area contributed by atoms with Crippen molar-refractivity contribution in [1.82, 2.24) is 25.2 Å². The Balaban J connectivity index is 1.53. The molecule has 0 radical (unpaired) electrons. The van der Waals surface area contributed by atoms with Crippen LogP contribution in [-0.2, 0) is 4.74 Å². The van der Waals surface area contributed by atoms with Gasteiger partial charge in [0.05, 0.1) is 23.3 Å². The topological polar surface area (TPSA) is 101 Å². The molecule has 0 saturated carbocycles. The second-order valence-corrected chi connectivity index (χ2v) is 8.53. The van der Waals surface area contributed by atoms with Gasteiger partial charge in [0.1, 0.15) is 5.82 Å². The molecule has 2 aromatic heterocycles. The van der Waals surface area contributed by atoms with Crippen molar-refractivity contribution < 1.29 is 4.74 Å². The number of nitrogens with zero attached hydrogens (tertiary/aromatic N) is 4. The molecule has 1 saturated heterocycles. The number of aromatic nitrogens is 3. The third-order valence-electron chi connectivity index (χ3n) is 5.09. The zero-order valence-electron chi connectivity index (χ0n) is 17.3. The lowest BCUT2D eigenvalue weighted by atomic mass is 10.0. The first kappa shape index (κ1) is 22.9. The van der Waals surface area contributed by atoms with E-state index in [0.29, 0.717) is 43.1 Å². The van der Waals surface area contributed by atoms with Gasteiger partial charge in [-0.25, -0.2) is 9.97 Å². The molecule has 11 heteroatoms. The van der Waals surface area contributed by atoms with Gasteiger partial charge in [-0.15, -0.1) is 0 Å². The van der Waals surface area contributed by atoms with Crippen LogP contribution >= 0.6 is 35.4 Å². The highest BCUT2D eigenvalue weighted by molar-refractivity contribution is 7.80. The normalized spacial score (nSPS) is 14.4. The summed E-state index contributed by atoms with van der Waals surface area (Å²) >= 11 is 18.5. The molecule has 0 atom stereocenters. The summed E-state index contributed by atoms with van der Waals surface area (Å²) < 4.78 is 5.38. The number of halogens is 2. The maximum absolute atomic E-state index is 6.47. The zero-order valence-corrected chi connectivity index (χ0v) is 19.6. The van der Waals surface area contributed by atoms with Crippen LogP contribution < -0.4 is 16.4 Å². The van der Waals surface area contributed by atoms with E-state index < -0.39 is 0 Å². The van der Waals surface area contributed by atoms with Crippen LogP contribution in [0.15, 0.2) is 30.5 Å². The zero-order chi connectivity index (χ0) is 22.5. The summed E-state index contributed by atoms with van der Waals surface area (Å²) in [6, 6.07) is 7.22. The number of pyridine rings is 1. The van der Waals surface area contributed by atoms with Gasteiger partial charge in [-0.2, -0.15) is 4.98 Å². The highest BCUT2D eigenvalue weighted by atomic mass is 35.5. The molecule has 1 aliphatic heterocycles. The molecule has 32 heavy (non-hydrogen) atoms. The number of benzene rings is 1. The first-order valence-electron chi connectivity index (χ1n) is 10.2. The van der Waals surface area contributed by atoms with Gasteiger partial charge >= 0.3 is 0 Å². The first-order chi connectivity index (χ1) is 15.5. The lowest BCUT2D eigenvalue weighted by Crippen LogP contribution is -2.38. The highest BCUT2D eigenvalue weighted by Gasteiger charge is 2.17. The van der Waals surface area contributed by atoms with Gasteiger partial charge < -0.3 is 21.1 Å².